The predicted molar refractivity (Wildman–Crippen MR) is 113 cm³/mol. The molecule has 0 aliphatic rings. The number of nitriles is 1. The van der Waals surface area contributed by atoms with Crippen LogP contribution in [-0.2, 0) is 22.6 Å². The number of anilines is 1. The van der Waals surface area contributed by atoms with Crippen LogP contribution in [0.2, 0.25) is 0 Å². The Hall–Kier alpha value is -4.11. The maximum absolute atomic E-state index is 12.9. The lowest BCUT2D eigenvalue weighted by atomic mass is 10.1. The molecular weight excluding hydrogens is 378 g/mol. The first-order valence-corrected chi connectivity index (χ1v) is 9.46. The molecule has 0 spiro atoms. The average molecular weight is 399 g/mol. The zero-order valence-corrected chi connectivity index (χ0v) is 16.2. The largest absolute Gasteiger partial charge is 0.445 e. The number of carbonyl (C=O) groups is 2. The standard InChI is InChI=1S/C24H21N3O3/c25-16-20-12-7-13-21(14-20)26-23(28)22(15-18-8-3-1-4-9-18)27-24(29)30-17-19-10-5-2-6-11-19/h1-14,22H,15,17H2,(H,26,28)(H,27,29)/t22-/m0/s1. The predicted octanol–water partition coefficient (Wildman–Crippen LogP) is 4.03. The fraction of sp³-hybridized carbons (Fsp3) is 0.125. The van der Waals surface area contributed by atoms with Gasteiger partial charge in [-0.2, -0.15) is 5.26 Å². The molecular formula is C24H21N3O3. The lowest BCUT2D eigenvalue weighted by molar-refractivity contribution is -0.118. The van der Waals surface area contributed by atoms with Gasteiger partial charge in [-0.15, -0.1) is 0 Å². The molecule has 0 fully saturated rings. The minimum Gasteiger partial charge on any atom is -0.445 e. The van der Waals surface area contributed by atoms with Gasteiger partial charge in [0.15, 0.2) is 0 Å². The van der Waals surface area contributed by atoms with Crippen LogP contribution >= 0.6 is 0 Å². The van der Waals surface area contributed by atoms with Gasteiger partial charge in [0.2, 0.25) is 5.91 Å². The summed E-state index contributed by atoms with van der Waals surface area (Å²) in [6.07, 6.45) is -0.383. The summed E-state index contributed by atoms with van der Waals surface area (Å²) in [6.45, 7) is 0.108. The molecule has 3 aromatic carbocycles. The third-order valence-corrected chi connectivity index (χ3v) is 4.36. The number of benzene rings is 3. The van der Waals surface area contributed by atoms with Crippen LogP contribution in [0.1, 0.15) is 16.7 Å². The molecule has 3 rings (SSSR count). The van der Waals surface area contributed by atoms with Crippen molar-refractivity contribution in [2.75, 3.05) is 5.32 Å². The van der Waals surface area contributed by atoms with E-state index in [1.165, 1.54) is 0 Å². The quantitative estimate of drug-likeness (QED) is 0.627. The van der Waals surface area contributed by atoms with Gasteiger partial charge in [-0.1, -0.05) is 66.7 Å². The van der Waals surface area contributed by atoms with E-state index in [-0.39, 0.29) is 6.61 Å². The summed E-state index contributed by atoms with van der Waals surface area (Å²) in [5.74, 6) is -0.398. The van der Waals surface area contributed by atoms with Gasteiger partial charge in [0.1, 0.15) is 12.6 Å². The molecule has 0 bridgehead atoms. The molecule has 0 heterocycles. The lowest BCUT2D eigenvalue weighted by Gasteiger charge is -2.19. The van der Waals surface area contributed by atoms with Crippen LogP contribution in [0.25, 0.3) is 0 Å². The Bertz CT molecular complexity index is 1030. The van der Waals surface area contributed by atoms with Gasteiger partial charge >= 0.3 is 6.09 Å². The van der Waals surface area contributed by atoms with Crippen LogP contribution in [0.3, 0.4) is 0 Å². The van der Waals surface area contributed by atoms with E-state index in [9.17, 15) is 9.59 Å². The van der Waals surface area contributed by atoms with E-state index in [1.54, 1.807) is 24.3 Å². The van der Waals surface area contributed by atoms with Crippen LogP contribution in [-0.4, -0.2) is 18.0 Å². The third-order valence-electron chi connectivity index (χ3n) is 4.36. The Kier molecular flexibility index (Phi) is 7.17. The summed E-state index contributed by atoms with van der Waals surface area (Å²) in [7, 11) is 0. The highest BCUT2D eigenvalue weighted by atomic mass is 16.5. The highest BCUT2D eigenvalue weighted by Gasteiger charge is 2.22. The highest BCUT2D eigenvalue weighted by Crippen LogP contribution is 2.12. The molecule has 0 aromatic heterocycles. The number of carbonyl (C=O) groups excluding carboxylic acids is 2. The Morgan fingerprint density at radius 1 is 0.900 bits per heavy atom. The number of alkyl carbamates (subject to hydrolysis) is 1. The molecule has 6 nitrogen and oxygen atoms in total. The molecule has 0 aliphatic carbocycles. The fourth-order valence-electron chi connectivity index (χ4n) is 2.86. The normalized spacial score (nSPS) is 11.0. The van der Waals surface area contributed by atoms with Crippen LogP contribution < -0.4 is 10.6 Å². The van der Waals surface area contributed by atoms with E-state index in [1.807, 2.05) is 66.7 Å². The molecule has 0 saturated carbocycles. The fourth-order valence-corrected chi connectivity index (χ4v) is 2.86. The van der Waals surface area contributed by atoms with Crippen molar-refractivity contribution < 1.29 is 14.3 Å². The Labute approximate surface area is 175 Å². The van der Waals surface area contributed by atoms with Gasteiger partial charge in [0.25, 0.3) is 0 Å². The minimum absolute atomic E-state index is 0.108. The highest BCUT2D eigenvalue weighted by molar-refractivity contribution is 5.96. The van der Waals surface area contributed by atoms with Gasteiger partial charge in [-0.05, 0) is 29.3 Å². The zero-order valence-electron chi connectivity index (χ0n) is 16.2. The second-order valence-corrected chi connectivity index (χ2v) is 6.63. The van der Waals surface area contributed by atoms with Crippen LogP contribution in [0.15, 0.2) is 84.9 Å². The van der Waals surface area contributed by atoms with Gasteiger partial charge in [0.05, 0.1) is 11.6 Å². The van der Waals surface area contributed by atoms with Crippen molar-refractivity contribution in [3.8, 4) is 6.07 Å². The molecule has 150 valence electrons. The van der Waals surface area contributed by atoms with Crippen molar-refractivity contribution in [2.24, 2.45) is 0 Å². The van der Waals surface area contributed by atoms with Gasteiger partial charge in [-0.25, -0.2) is 4.79 Å². The van der Waals surface area contributed by atoms with E-state index >= 15 is 0 Å². The first-order valence-electron chi connectivity index (χ1n) is 9.46. The second-order valence-electron chi connectivity index (χ2n) is 6.63. The molecule has 0 radical (unpaired) electrons. The van der Waals surface area contributed by atoms with E-state index in [0.717, 1.165) is 11.1 Å². The third kappa shape index (κ3) is 6.21. The van der Waals surface area contributed by atoms with Crippen molar-refractivity contribution in [1.82, 2.24) is 5.32 Å². The maximum Gasteiger partial charge on any atom is 0.408 e. The maximum atomic E-state index is 12.9. The molecule has 30 heavy (non-hydrogen) atoms. The molecule has 2 N–H and O–H groups in total. The van der Waals surface area contributed by atoms with Crippen LogP contribution in [0, 0.1) is 11.3 Å². The Morgan fingerprint density at radius 3 is 2.23 bits per heavy atom. The molecule has 0 saturated heterocycles. The van der Waals surface area contributed by atoms with Crippen LogP contribution in [0.4, 0.5) is 10.5 Å². The van der Waals surface area contributed by atoms with E-state index in [2.05, 4.69) is 10.6 Å². The van der Waals surface area contributed by atoms with Gasteiger partial charge in [-0.3, -0.25) is 4.79 Å². The Morgan fingerprint density at radius 2 is 1.57 bits per heavy atom. The number of hydrogen-bond acceptors (Lipinski definition) is 4. The number of nitrogens with one attached hydrogen (secondary N) is 2. The number of amides is 2. The van der Waals surface area contributed by atoms with E-state index < -0.39 is 18.0 Å². The monoisotopic (exact) mass is 399 g/mol. The zero-order chi connectivity index (χ0) is 21.2. The molecule has 3 aromatic rings. The van der Waals surface area contributed by atoms with E-state index in [4.69, 9.17) is 10.00 Å². The second kappa shape index (κ2) is 10.4. The average Bonchev–Trinajstić information content (AvgIpc) is 2.79. The molecule has 0 unspecified atom stereocenters. The van der Waals surface area contributed by atoms with Crippen molar-refractivity contribution in [2.45, 2.75) is 19.1 Å². The summed E-state index contributed by atoms with van der Waals surface area (Å²) in [6, 6.07) is 26.5. The van der Waals surface area contributed by atoms with Crippen molar-refractivity contribution in [3.05, 3.63) is 102 Å². The summed E-state index contributed by atoms with van der Waals surface area (Å²) < 4.78 is 5.26. The first kappa shape index (κ1) is 20.6. The van der Waals surface area contributed by atoms with Gasteiger partial charge < -0.3 is 15.4 Å². The van der Waals surface area contributed by atoms with Crippen molar-refractivity contribution >= 4 is 17.7 Å². The number of nitrogens with zero attached hydrogens (tertiary/aromatic N) is 1. The number of hydrogen-bond donors (Lipinski definition) is 2. The van der Waals surface area contributed by atoms with Crippen molar-refractivity contribution in [1.29, 1.82) is 5.26 Å². The summed E-state index contributed by atoms with van der Waals surface area (Å²) in [4.78, 5) is 25.2. The number of ether oxygens (including phenoxy) is 1. The summed E-state index contributed by atoms with van der Waals surface area (Å²) >= 11 is 0. The molecule has 6 heteroatoms. The summed E-state index contributed by atoms with van der Waals surface area (Å²) in [5, 5.41) is 14.4. The minimum atomic E-state index is -0.846. The number of rotatable bonds is 7. The SMILES string of the molecule is N#Cc1cccc(NC(=O)[C@H](Cc2ccccc2)NC(=O)OCc2ccccc2)c1. The first-order chi connectivity index (χ1) is 14.6. The van der Waals surface area contributed by atoms with E-state index in [0.29, 0.717) is 17.7 Å². The molecule has 2 amide bonds. The van der Waals surface area contributed by atoms with Crippen LogP contribution in [0.5, 0.6) is 0 Å². The van der Waals surface area contributed by atoms with Gasteiger partial charge in [0, 0.05) is 12.1 Å². The smallest absolute Gasteiger partial charge is 0.408 e. The summed E-state index contributed by atoms with van der Waals surface area (Å²) in [5.41, 5.74) is 2.66. The topological polar surface area (TPSA) is 91.2 Å². The molecule has 1 atom stereocenters. The molecule has 0 aliphatic heterocycles. The lowest BCUT2D eigenvalue weighted by Crippen LogP contribution is -2.45. The van der Waals surface area contributed by atoms with Crippen molar-refractivity contribution in [3.63, 3.8) is 0 Å². The Balaban J connectivity index is 1.68.